The summed E-state index contributed by atoms with van der Waals surface area (Å²) < 4.78 is 0. The van der Waals surface area contributed by atoms with E-state index >= 15 is 0 Å². The standard InChI is InChI=1S/C7H7N5O/c1-4(13)11-7-8-2-5-6(12-7)10-3-9-5/h2-3,9H,1H3,(H,8,11,12,13)/q+1. The zero-order valence-corrected chi connectivity index (χ0v) is 6.90. The lowest BCUT2D eigenvalue weighted by molar-refractivity contribution is -0.114. The fourth-order valence-corrected chi connectivity index (χ4v) is 0.954. The van der Waals surface area contributed by atoms with Gasteiger partial charge in [-0.25, -0.2) is 4.98 Å². The lowest BCUT2D eigenvalue weighted by atomic mass is 10.5. The largest absolute Gasteiger partial charge is 0.341 e. The Morgan fingerprint density at radius 1 is 1.69 bits per heavy atom. The number of hydrogen-bond donors (Lipinski definition) is 2. The normalized spacial score (nSPS) is 12.1. The molecule has 2 N–H and O–H groups in total. The van der Waals surface area contributed by atoms with Crippen molar-refractivity contribution in [3.8, 4) is 0 Å². The number of amides is 1. The molecule has 6 heteroatoms. The van der Waals surface area contributed by atoms with Gasteiger partial charge in [0, 0.05) is 6.92 Å². The van der Waals surface area contributed by atoms with Gasteiger partial charge in [-0.05, 0) is 0 Å². The second kappa shape index (κ2) is 2.81. The molecule has 2 rings (SSSR count). The number of nitrogens with one attached hydrogen (secondary N) is 2. The molecule has 1 radical (unpaired) electrons. The minimum absolute atomic E-state index is 0.199. The van der Waals surface area contributed by atoms with Crippen molar-refractivity contribution in [1.29, 1.82) is 0 Å². The first kappa shape index (κ1) is 7.66. The Hall–Kier alpha value is -1.98. The number of aromatic nitrogens is 2. The van der Waals surface area contributed by atoms with E-state index in [1.165, 1.54) is 13.3 Å². The van der Waals surface area contributed by atoms with Gasteiger partial charge >= 0.3 is 11.8 Å². The molecule has 0 saturated heterocycles. The van der Waals surface area contributed by atoms with E-state index in [1.54, 1.807) is 6.20 Å². The minimum atomic E-state index is -0.199. The first-order valence-corrected chi connectivity index (χ1v) is 3.69. The molecule has 0 fully saturated rings. The van der Waals surface area contributed by atoms with Gasteiger partial charge in [0.1, 0.15) is 0 Å². The van der Waals surface area contributed by atoms with E-state index in [-0.39, 0.29) is 11.9 Å². The quantitative estimate of drug-likeness (QED) is 0.625. The van der Waals surface area contributed by atoms with E-state index in [4.69, 9.17) is 0 Å². The molecule has 0 unspecified atom stereocenters. The summed E-state index contributed by atoms with van der Waals surface area (Å²) in [6.07, 6.45) is 3.09. The van der Waals surface area contributed by atoms with E-state index in [2.05, 4.69) is 25.6 Å². The lowest BCUT2D eigenvalue weighted by Gasteiger charge is -1.94. The molecule has 13 heavy (non-hydrogen) atoms. The van der Waals surface area contributed by atoms with Gasteiger partial charge in [0.05, 0.1) is 6.20 Å². The molecule has 1 aromatic heterocycles. The molecule has 1 aliphatic heterocycles. The smallest absolute Gasteiger partial charge is 0.280 e. The molecule has 2 heterocycles. The second-order valence-corrected chi connectivity index (χ2v) is 2.51. The molecule has 0 aliphatic carbocycles. The number of hydrogen-bond acceptors (Lipinski definition) is 5. The predicted octanol–water partition coefficient (Wildman–Crippen LogP) is -0.144. The maximum Gasteiger partial charge on any atom is 0.341 e. The summed E-state index contributed by atoms with van der Waals surface area (Å²) in [5.74, 6) is 0.612. The summed E-state index contributed by atoms with van der Waals surface area (Å²) in [4.78, 5) is 22.5. The van der Waals surface area contributed by atoms with Gasteiger partial charge in [-0.3, -0.25) is 15.4 Å². The van der Waals surface area contributed by atoms with Crippen molar-refractivity contribution in [2.24, 2.45) is 0 Å². The van der Waals surface area contributed by atoms with Gasteiger partial charge in [-0.15, -0.1) is 0 Å². The Labute approximate surface area is 74.1 Å². The molecule has 65 valence electrons. The van der Waals surface area contributed by atoms with Crippen LogP contribution in [-0.2, 0) is 4.79 Å². The maximum absolute atomic E-state index is 10.7. The summed E-state index contributed by atoms with van der Waals surface area (Å²) in [6.45, 7) is 1.40. The van der Waals surface area contributed by atoms with Crippen molar-refractivity contribution in [2.75, 3.05) is 10.6 Å². The van der Waals surface area contributed by atoms with E-state index in [0.717, 1.165) is 5.69 Å². The molecular formula is C7H7N5O+. The fourth-order valence-electron chi connectivity index (χ4n) is 0.954. The van der Waals surface area contributed by atoms with Crippen LogP contribution in [0.1, 0.15) is 6.92 Å². The number of carbonyl (C=O) groups excluding carboxylic acids is 1. The van der Waals surface area contributed by atoms with Crippen molar-refractivity contribution < 1.29 is 4.79 Å². The molecular weight excluding hydrogens is 170 g/mol. The van der Waals surface area contributed by atoms with Crippen LogP contribution < -0.4 is 15.6 Å². The van der Waals surface area contributed by atoms with E-state index in [9.17, 15) is 4.79 Å². The molecule has 1 aromatic rings. The van der Waals surface area contributed by atoms with Crippen LogP contribution in [0.3, 0.4) is 0 Å². The molecule has 0 saturated carbocycles. The summed E-state index contributed by atoms with van der Waals surface area (Å²) in [6, 6.07) is 0. The molecule has 0 aromatic carbocycles. The summed E-state index contributed by atoms with van der Waals surface area (Å²) in [5.41, 5.74) is 0.745. The van der Waals surface area contributed by atoms with E-state index in [0.29, 0.717) is 5.82 Å². The first-order valence-electron chi connectivity index (χ1n) is 3.69. The number of nitrogens with zero attached hydrogens (tertiary/aromatic N) is 3. The topological polar surface area (TPSA) is 81.0 Å². The average molecular weight is 177 g/mol. The molecule has 0 bridgehead atoms. The van der Waals surface area contributed by atoms with Gasteiger partial charge in [0.2, 0.25) is 12.2 Å². The number of carbonyl (C=O) groups is 1. The molecule has 6 nitrogen and oxygen atoms in total. The van der Waals surface area contributed by atoms with Crippen LogP contribution in [0.25, 0.3) is 0 Å². The van der Waals surface area contributed by atoms with E-state index in [1.807, 2.05) is 0 Å². The fraction of sp³-hybridized carbons (Fsp3) is 0.143. The van der Waals surface area contributed by atoms with Crippen LogP contribution >= 0.6 is 0 Å². The average Bonchev–Trinajstić information content (AvgIpc) is 2.49. The Kier molecular flexibility index (Phi) is 1.66. The zero-order chi connectivity index (χ0) is 9.26. The summed E-state index contributed by atoms with van der Waals surface area (Å²) in [5, 5.41) is 5.32. The van der Waals surface area contributed by atoms with Crippen molar-refractivity contribution in [3.05, 3.63) is 6.20 Å². The third-order valence-corrected chi connectivity index (χ3v) is 1.46. The SMILES string of the molecule is CC(=O)Nc1ncc2c(n1)[N+]=CN2. The van der Waals surface area contributed by atoms with Gasteiger partial charge in [-0.2, -0.15) is 0 Å². The third kappa shape index (κ3) is 1.46. The Morgan fingerprint density at radius 2 is 2.54 bits per heavy atom. The Balaban J connectivity index is 2.30. The van der Waals surface area contributed by atoms with Gasteiger partial charge in [0.25, 0.3) is 0 Å². The third-order valence-electron chi connectivity index (χ3n) is 1.46. The first-order chi connectivity index (χ1) is 6.25. The molecule has 0 atom stereocenters. The number of fused-ring (bicyclic) bond motifs is 1. The van der Waals surface area contributed by atoms with Crippen LogP contribution in [0, 0.1) is 0 Å². The van der Waals surface area contributed by atoms with Gasteiger partial charge in [0.15, 0.2) is 5.69 Å². The van der Waals surface area contributed by atoms with Crippen LogP contribution in [-0.4, -0.2) is 22.2 Å². The van der Waals surface area contributed by atoms with Crippen molar-refractivity contribution in [1.82, 2.24) is 15.0 Å². The van der Waals surface area contributed by atoms with Crippen LogP contribution in [0.4, 0.5) is 17.5 Å². The molecule has 0 spiro atoms. The molecule has 1 aliphatic rings. The minimum Gasteiger partial charge on any atom is -0.280 e. The highest BCUT2D eigenvalue weighted by Crippen LogP contribution is 2.19. The van der Waals surface area contributed by atoms with Crippen LogP contribution in [0.5, 0.6) is 0 Å². The van der Waals surface area contributed by atoms with Gasteiger partial charge in [-0.1, -0.05) is 9.98 Å². The van der Waals surface area contributed by atoms with Crippen molar-refractivity contribution >= 4 is 29.7 Å². The predicted molar refractivity (Wildman–Crippen MR) is 47.8 cm³/mol. The number of aliphatic imine (C=N–C) groups is 1. The Bertz CT molecular complexity index is 386. The van der Waals surface area contributed by atoms with Crippen molar-refractivity contribution in [3.63, 3.8) is 0 Å². The monoisotopic (exact) mass is 177 g/mol. The molecule has 1 amide bonds. The maximum atomic E-state index is 10.7. The summed E-state index contributed by atoms with van der Waals surface area (Å²) in [7, 11) is 0. The van der Waals surface area contributed by atoms with E-state index < -0.39 is 0 Å². The Morgan fingerprint density at radius 3 is 3.31 bits per heavy atom. The van der Waals surface area contributed by atoms with Crippen LogP contribution in [0.15, 0.2) is 6.20 Å². The zero-order valence-electron chi connectivity index (χ0n) is 6.90. The van der Waals surface area contributed by atoms with Gasteiger partial charge < -0.3 is 0 Å². The highest BCUT2D eigenvalue weighted by Gasteiger charge is 2.19. The number of anilines is 2. The van der Waals surface area contributed by atoms with Crippen LogP contribution in [0.2, 0.25) is 0 Å². The highest BCUT2D eigenvalue weighted by molar-refractivity contribution is 5.89. The number of rotatable bonds is 1. The lowest BCUT2D eigenvalue weighted by Crippen LogP contribution is -2.09. The van der Waals surface area contributed by atoms with Crippen molar-refractivity contribution in [2.45, 2.75) is 6.92 Å². The summed E-state index contributed by atoms with van der Waals surface area (Å²) >= 11 is 0. The second-order valence-electron chi connectivity index (χ2n) is 2.51. The highest BCUT2D eigenvalue weighted by atomic mass is 16.1.